The number of fused-ring (bicyclic) bond motifs is 1. The van der Waals surface area contributed by atoms with Gasteiger partial charge in [0.1, 0.15) is 5.82 Å². The lowest BCUT2D eigenvalue weighted by Crippen LogP contribution is -2.00. The van der Waals surface area contributed by atoms with E-state index in [0.717, 1.165) is 22.2 Å². The van der Waals surface area contributed by atoms with Gasteiger partial charge in [0.25, 0.3) is 0 Å². The number of aromatic nitrogens is 1. The van der Waals surface area contributed by atoms with Crippen molar-refractivity contribution in [3.63, 3.8) is 0 Å². The van der Waals surface area contributed by atoms with E-state index in [1.807, 2.05) is 30.3 Å². The fourth-order valence-electron chi connectivity index (χ4n) is 2.10. The van der Waals surface area contributed by atoms with Gasteiger partial charge in [0.05, 0.1) is 5.52 Å². The number of halogens is 2. The van der Waals surface area contributed by atoms with Gasteiger partial charge in [-0.1, -0.05) is 17.7 Å². The minimum atomic E-state index is -0.322. The Morgan fingerprint density at radius 1 is 1.10 bits per heavy atom. The Hall–Kier alpha value is -2.13. The standard InChI is InChI=1S/C16H12ClFN2/c17-13-6-11(7-14(18)9-13)10-20-15-3-4-16-12(8-15)2-1-5-19-16/h1-9,20H,10H2. The summed E-state index contributed by atoms with van der Waals surface area (Å²) >= 11 is 5.83. The Morgan fingerprint density at radius 3 is 2.85 bits per heavy atom. The molecule has 3 rings (SSSR count). The molecule has 0 spiro atoms. The van der Waals surface area contributed by atoms with Crippen molar-refractivity contribution in [3.05, 3.63) is 71.1 Å². The van der Waals surface area contributed by atoms with Crippen molar-refractivity contribution in [1.29, 1.82) is 0 Å². The van der Waals surface area contributed by atoms with Crippen molar-refractivity contribution in [2.45, 2.75) is 6.54 Å². The van der Waals surface area contributed by atoms with Crippen LogP contribution in [-0.2, 0) is 6.54 Å². The molecule has 0 saturated heterocycles. The molecule has 0 aliphatic rings. The molecule has 0 atom stereocenters. The minimum absolute atomic E-state index is 0.322. The Morgan fingerprint density at radius 2 is 2.00 bits per heavy atom. The van der Waals surface area contributed by atoms with Crippen molar-refractivity contribution < 1.29 is 4.39 Å². The fourth-order valence-corrected chi connectivity index (χ4v) is 2.35. The summed E-state index contributed by atoms with van der Waals surface area (Å²) in [6.45, 7) is 0.517. The molecule has 0 aliphatic carbocycles. The van der Waals surface area contributed by atoms with Gasteiger partial charge in [-0.05, 0) is 48.0 Å². The summed E-state index contributed by atoms with van der Waals surface area (Å²) in [7, 11) is 0. The molecule has 0 fully saturated rings. The fraction of sp³-hybridized carbons (Fsp3) is 0.0625. The monoisotopic (exact) mass is 286 g/mol. The summed E-state index contributed by atoms with van der Waals surface area (Å²) < 4.78 is 13.2. The zero-order valence-corrected chi connectivity index (χ0v) is 11.4. The van der Waals surface area contributed by atoms with Gasteiger partial charge >= 0.3 is 0 Å². The van der Waals surface area contributed by atoms with Crippen LogP contribution >= 0.6 is 11.6 Å². The van der Waals surface area contributed by atoms with Crippen LogP contribution < -0.4 is 5.32 Å². The minimum Gasteiger partial charge on any atom is -0.381 e. The van der Waals surface area contributed by atoms with Crippen LogP contribution in [0.4, 0.5) is 10.1 Å². The third-order valence-corrected chi connectivity index (χ3v) is 3.24. The summed E-state index contributed by atoms with van der Waals surface area (Å²) in [5, 5.41) is 4.73. The highest BCUT2D eigenvalue weighted by Gasteiger charge is 2.01. The van der Waals surface area contributed by atoms with Gasteiger partial charge in [-0.25, -0.2) is 4.39 Å². The SMILES string of the molecule is Fc1cc(Cl)cc(CNc2ccc3ncccc3c2)c1. The zero-order chi connectivity index (χ0) is 13.9. The van der Waals surface area contributed by atoms with Gasteiger partial charge in [0, 0.05) is 28.8 Å². The van der Waals surface area contributed by atoms with Gasteiger partial charge in [-0.2, -0.15) is 0 Å². The molecule has 0 unspecified atom stereocenters. The molecular weight excluding hydrogens is 275 g/mol. The topological polar surface area (TPSA) is 24.9 Å². The first kappa shape index (κ1) is 12.9. The third-order valence-electron chi connectivity index (χ3n) is 3.02. The predicted octanol–water partition coefficient (Wildman–Crippen LogP) is 4.64. The third kappa shape index (κ3) is 2.89. The Kier molecular flexibility index (Phi) is 3.52. The molecule has 2 aromatic carbocycles. The van der Waals surface area contributed by atoms with E-state index < -0.39 is 0 Å². The second-order valence-electron chi connectivity index (χ2n) is 4.54. The lowest BCUT2D eigenvalue weighted by atomic mass is 10.2. The van der Waals surface area contributed by atoms with Gasteiger partial charge in [-0.3, -0.25) is 4.98 Å². The maximum Gasteiger partial charge on any atom is 0.125 e. The van der Waals surface area contributed by atoms with Crippen molar-refractivity contribution in [3.8, 4) is 0 Å². The van der Waals surface area contributed by atoms with Crippen LogP contribution in [-0.4, -0.2) is 4.98 Å². The van der Waals surface area contributed by atoms with E-state index in [1.54, 1.807) is 12.3 Å². The van der Waals surface area contributed by atoms with Gasteiger partial charge in [0.2, 0.25) is 0 Å². The molecule has 0 amide bonds. The molecule has 2 nitrogen and oxygen atoms in total. The molecule has 3 aromatic rings. The normalized spacial score (nSPS) is 10.7. The number of pyridine rings is 1. The highest BCUT2D eigenvalue weighted by molar-refractivity contribution is 6.30. The van der Waals surface area contributed by atoms with Crippen LogP contribution in [0.2, 0.25) is 5.02 Å². The molecule has 1 heterocycles. The van der Waals surface area contributed by atoms with Crippen LogP contribution in [0.5, 0.6) is 0 Å². The smallest absolute Gasteiger partial charge is 0.125 e. The number of nitrogens with one attached hydrogen (secondary N) is 1. The lowest BCUT2D eigenvalue weighted by molar-refractivity contribution is 0.626. The van der Waals surface area contributed by atoms with Crippen molar-refractivity contribution in [2.24, 2.45) is 0 Å². The summed E-state index contributed by atoms with van der Waals surface area (Å²) in [5.74, 6) is -0.322. The van der Waals surface area contributed by atoms with Crippen LogP contribution in [0.3, 0.4) is 0 Å². The first-order chi connectivity index (χ1) is 9.70. The van der Waals surface area contributed by atoms with E-state index in [1.165, 1.54) is 12.1 Å². The molecule has 0 bridgehead atoms. The molecular formula is C16H12ClFN2. The maximum atomic E-state index is 13.2. The second kappa shape index (κ2) is 5.47. The molecule has 0 aliphatic heterocycles. The predicted molar refractivity (Wildman–Crippen MR) is 80.5 cm³/mol. The van der Waals surface area contributed by atoms with E-state index >= 15 is 0 Å². The molecule has 0 radical (unpaired) electrons. The second-order valence-corrected chi connectivity index (χ2v) is 4.98. The van der Waals surface area contributed by atoms with Crippen molar-refractivity contribution in [2.75, 3.05) is 5.32 Å². The number of hydrogen-bond donors (Lipinski definition) is 1. The maximum absolute atomic E-state index is 13.2. The molecule has 4 heteroatoms. The number of nitrogens with zero attached hydrogens (tertiary/aromatic N) is 1. The van der Waals surface area contributed by atoms with E-state index in [-0.39, 0.29) is 5.82 Å². The van der Waals surface area contributed by atoms with Crippen molar-refractivity contribution >= 4 is 28.2 Å². The summed E-state index contributed by atoms with van der Waals surface area (Å²) in [5.41, 5.74) is 2.72. The zero-order valence-electron chi connectivity index (χ0n) is 10.6. The number of hydrogen-bond acceptors (Lipinski definition) is 2. The van der Waals surface area contributed by atoms with Crippen LogP contribution in [0.1, 0.15) is 5.56 Å². The average molecular weight is 287 g/mol. The Balaban J connectivity index is 1.79. The van der Waals surface area contributed by atoms with E-state index in [0.29, 0.717) is 11.6 Å². The molecule has 20 heavy (non-hydrogen) atoms. The van der Waals surface area contributed by atoms with Gasteiger partial charge < -0.3 is 5.32 Å². The lowest BCUT2D eigenvalue weighted by Gasteiger charge is -2.08. The van der Waals surface area contributed by atoms with E-state index in [9.17, 15) is 4.39 Å². The summed E-state index contributed by atoms with van der Waals surface area (Å²) in [6, 6.07) is 14.4. The number of benzene rings is 2. The van der Waals surface area contributed by atoms with Crippen molar-refractivity contribution in [1.82, 2.24) is 4.98 Å². The molecule has 1 aromatic heterocycles. The summed E-state index contributed by atoms with van der Waals surface area (Å²) in [4.78, 5) is 4.27. The van der Waals surface area contributed by atoms with E-state index in [2.05, 4.69) is 10.3 Å². The largest absolute Gasteiger partial charge is 0.381 e. The van der Waals surface area contributed by atoms with Gasteiger partial charge in [-0.15, -0.1) is 0 Å². The highest BCUT2D eigenvalue weighted by atomic mass is 35.5. The number of anilines is 1. The average Bonchev–Trinajstić information content (AvgIpc) is 2.44. The highest BCUT2D eigenvalue weighted by Crippen LogP contribution is 2.19. The van der Waals surface area contributed by atoms with Crippen LogP contribution in [0, 0.1) is 5.82 Å². The van der Waals surface area contributed by atoms with E-state index in [4.69, 9.17) is 11.6 Å². The molecule has 0 saturated carbocycles. The quantitative estimate of drug-likeness (QED) is 0.759. The Labute approximate surface area is 121 Å². The molecule has 1 N–H and O–H groups in total. The first-order valence-electron chi connectivity index (χ1n) is 6.24. The Bertz CT molecular complexity index is 738. The van der Waals surface area contributed by atoms with Crippen LogP contribution in [0.15, 0.2) is 54.7 Å². The first-order valence-corrected chi connectivity index (χ1v) is 6.62. The van der Waals surface area contributed by atoms with Gasteiger partial charge in [0.15, 0.2) is 0 Å². The summed E-state index contributed by atoms with van der Waals surface area (Å²) in [6.07, 6.45) is 1.77. The number of rotatable bonds is 3. The van der Waals surface area contributed by atoms with Crippen LogP contribution in [0.25, 0.3) is 10.9 Å². The molecule has 100 valence electrons.